The molecule has 4 heteroatoms. The second-order valence-corrected chi connectivity index (χ2v) is 4.19. The van der Waals surface area contributed by atoms with Crippen molar-refractivity contribution in [1.29, 1.82) is 0 Å². The van der Waals surface area contributed by atoms with Gasteiger partial charge in [-0.2, -0.15) is 5.10 Å². The Bertz CT molecular complexity index is 555. The predicted octanol–water partition coefficient (Wildman–Crippen LogP) is 1.89. The van der Waals surface area contributed by atoms with E-state index >= 15 is 0 Å². The van der Waals surface area contributed by atoms with Crippen LogP contribution < -0.4 is 4.74 Å². The molecule has 1 aromatic carbocycles. The standard InChI is InChI=1S/C12H12N2O2/c1-14-7-9-10(13-14)3-2-4-11(9)16-12(15)8-5-6-8/h2-4,7-8H,5-6H2,1H3. The van der Waals surface area contributed by atoms with E-state index < -0.39 is 0 Å². The van der Waals surface area contributed by atoms with Crippen LogP contribution in [0, 0.1) is 5.92 Å². The van der Waals surface area contributed by atoms with Gasteiger partial charge in [0.25, 0.3) is 0 Å². The van der Waals surface area contributed by atoms with E-state index in [1.165, 1.54) is 0 Å². The highest BCUT2D eigenvalue weighted by Crippen LogP contribution is 2.32. The minimum absolute atomic E-state index is 0.114. The molecule has 1 aliphatic rings. The molecule has 1 aromatic heterocycles. The summed E-state index contributed by atoms with van der Waals surface area (Å²) in [7, 11) is 1.85. The summed E-state index contributed by atoms with van der Waals surface area (Å²) in [6.07, 6.45) is 3.79. The molecule has 1 saturated carbocycles. The van der Waals surface area contributed by atoms with Crippen molar-refractivity contribution in [2.24, 2.45) is 13.0 Å². The van der Waals surface area contributed by atoms with Crippen molar-refractivity contribution < 1.29 is 9.53 Å². The third kappa shape index (κ3) is 1.56. The number of benzene rings is 1. The Kier molecular flexibility index (Phi) is 1.96. The second-order valence-electron chi connectivity index (χ2n) is 4.19. The van der Waals surface area contributed by atoms with Gasteiger partial charge in [0.05, 0.1) is 16.8 Å². The van der Waals surface area contributed by atoms with Crippen LogP contribution in [0.4, 0.5) is 0 Å². The highest BCUT2D eigenvalue weighted by atomic mass is 16.5. The lowest BCUT2D eigenvalue weighted by molar-refractivity contribution is -0.135. The van der Waals surface area contributed by atoms with Gasteiger partial charge in [-0.25, -0.2) is 0 Å². The van der Waals surface area contributed by atoms with E-state index in [2.05, 4.69) is 5.10 Å². The molecule has 2 aromatic rings. The first-order valence-corrected chi connectivity index (χ1v) is 5.38. The lowest BCUT2D eigenvalue weighted by Gasteiger charge is -2.03. The monoisotopic (exact) mass is 216 g/mol. The van der Waals surface area contributed by atoms with E-state index in [1.807, 2.05) is 31.4 Å². The smallest absolute Gasteiger partial charge is 0.314 e. The quantitative estimate of drug-likeness (QED) is 0.568. The normalized spacial score (nSPS) is 15.3. The van der Waals surface area contributed by atoms with Crippen LogP contribution in [0.25, 0.3) is 10.9 Å². The SMILES string of the molecule is Cn1cc2c(OC(=O)C3CC3)cccc2n1. The van der Waals surface area contributed by atoms with Crippen molar-refractivity contribution in [3.8, 4) is 5.75 Å². The molecule has 0 saturated heterocycles. The van der Waals surface area contributed by atoms with Crippen molar-refractivity contribution in [1.82, 2.24) is 9.78 Å². The van der Waals surface area contributed by atoms with Gasteiger partial charge < -0.3 is 4.74 Å². The van der Waals surface area contributed by atoms with Gasteiger partial charge >= 0.3 is 5.97 Å². The Hall–Kier alpha value is -1.84. The highest BCUT2D eigenvalue weighted by Gasteiger charge is 2.31. The summed E-state index contributed by atoms with van der Waals surface area (Å²) >= 11 is 0. The number of ether oxygens (including phenoxy) is 1. The number of carbonyl (C=O) groups excluding carboxylic acids is 1. The number of aromatic nitrogens is 2. The Balaban J connectivity index is 1.98. The van der Waals surface area contributed by atoms with Crippen molar-refractivity contribution >= 4 is 16.9 Å². The molecule has 0 unspecified atom stereocenters. The van der Waals surface area contributed by atoms with E-state index in [4.69, 9.17) is 4.74 Å². The molecule has 0 spiro atoms. The summed E-state index contributed by atoms with van der Waals surface area (Å²) in [5, 5.41) is 5.15. The zero-order valence-electron chi connectivity index (χ0n) is 9.01. The van der Waals surface area contributed by atoms with Crippen LogP contribution >= 0.6 is 0 Å². The maximum absolute atomic E-state index is 11.6. The number of carbonyl (C=O) groups is 1. The number of esters is 1. The average molecular weight is 216 g/mol. The van der Waals surface area contributed by atoms with E-state index in [0.29, 0.717) is 5.75 Å². The molecule has 1 aliphatic carbocycles. The molecule has 1 fully saturated rings. The fourth-order valence-corrected chi connectivity index (χ4v) is 1.73. The van der Waals surface area contributed by atoms with Crippen molar-refractivity contribution in [2.75, 3.05) is 0 Å². The molecule has 0 radical (unpaired) electrons. The van der Waals surface area contributed by atoms with E-state index in [0.717, 1.165) is 23.7 Å². The first kappa shape index (κ1) is 9.39. The first-order valence-electron chi connectivity index (χ1n) is 5.38. The number of aryl methyl sites for hydroxylation is 1. The zero-order valence-corrected chi connectivity index (χ0v) is 9.01. The van der Waals surface area contributed by atoms with Gasteiger partial charge in [0.2, 0.25) is 0 Å². The van der Waals surface area contributed by atoms with E-state index in [1.54, 1.807) is 4.68 Å². The maximum Gasteiger partial charge on any atom is 0.314 e. The third-order valence-electron chi connectivity index (χ3n) is 2.75. The summed E-state index contributed by atoms with van der Waals surface area (Å²) in [4.78, 5) is 11.6. The van der Waals surface area contributed by atoms with Crippen LogP contribution in [0.3, 0.4) is 0 Å². The van der Waals surface area contributed by atoms with Crippen LogP contribution in [-0.4, -0.2) is 15.7 Å². The Morgan fingerprint density at radius 3 is 3.06 bits per heavy atom. The number of fused-ring (bicyclic) bond motifs is 1. The highest BCUT2D eigenvalue weighted by molar-refractivity contribution is 5.88. The summed E-state index contributed by atoms with van der Waals surface area (Å²) in [6, 6.07) is 5.57. The van der Waals surface area contributed by atoms with Gasteiger partial charge in [0, 0.05) is 13.2 Å². The van der Waals surface area contributed by atoms with Gasteiger partial charge in [-0.1, -0.05) is 6.07 Å². The van der Waals surface area contributed by atoms with Crippen LogP contribution in [0.1, 0.15) is 12.8 Å². The predicted molar refractivity (Wildman–Crippen MR) is 59.1 cm³/mol. The van der Waals surface area contributed by atoms with Gasteiger partial charge in [-0.15, -0.1) is 0 Å². The van der Waals surface area contributed by atoms with Crippen LogP contribution in [0.2, 0.25) is 0 Å². The Morgan fingerprint density at radius 1 is 1.50 bits per heavy atom. The van der Waals surface area contributed by atoms with Gasteiger partial charge in [-0.05, 0) is 25.0 Å². The number of hydrogen-bond acceptors (Lipinski definition) is 3. The molecule has 4 nitrogen and oxygen atoms in total. The molecule has 16 heavy (non-hydrogen) atoms. The molecule has 0 N–H and O–H groups in total. The van der Waals surface area contributed by atoms with Gasteiger partial charge in [0.15, 0.2) is 0 Å². The molecular formula is C12H12N2O2. The van der Waals surface area contributed by atoms with Crippen LogP contribution in [0.15, 0.2) is 24.4 Å². The fraction of sp³-hybridized carbons (Fsp3) is 0.333. The summed E-state index contributed by atoms with van der Waals surface area (Å²) in [6.45, 7) is 0. The van der Waals surface area contributed by atoms with Crippen LogP contribution in [0.5, 0.6) is 5.75 Å². The minimum Gasteiger partial charge on any atom is -0.426 e. The number of rotatable bonds is 2. The Morgan fingerprint density at radius 2 is 2.31 bits per heavy atom. The first-order chi connectivity index (χ1) is 7.74. The molecular weight excluding hydrogens is 204 g/mol. The lowest BCUT2D eigenvalue weighted by atomic mass is 10.2. The Labute approximate surface area is 92.8 Å². The number of hydrogen-bond donors (Lipinski definition) is 0. The number of nitrogens with zero attached hydrogens (tertiary/aromatic N) is 2. The van der Waals surface area contributed by atoms with Gasteiger partial charge in [0.1, 0.15) is 5.75 Å². The molecule has 0 aliphatic heterocycles. The van der Waals surface area contributed by atoms with Crippen molar-refractivity contribution in [3.63, 3.8) is 0 Å². The minimum atomic E-state index is -0.114. The molecule has 0 bridgehead atoms. The molecule has 1 heterocycles. The molecule has 82 valence electrons. The second kappa shape index (κ2) is 3.33. The summed E-state index contributed by atoms with van der Waals surface area (Å²) in [5.41, 5.74) is 0.851. The third-order valence-corrected chi connectivity index (χ3v) is 2.75. The molecule has 0 amide bonds. The fourth-order valence-electron chi connectivity index (χ4n) is 1.73. The summed E-state index contributed by atoms with van der Waals surface area (Å²) < 4.78 is 7.09. The van der Waals surface area contributed by atoms with Gasteiger partial charge in [-0.3, -0.25) is 9.48 Å². The van der Waals surface area contributed by atoms with Crippen molar-refractivity contribution in [3.05, 3.63) is 24.4 Å². The summed E-state index contributed by atoms with van der Waals surface area (Å²) in [5.74, 6) is 0.616. The van der Waals surface area contributed by atoms with Crippen LogP contribution in [-0.2, 0) is 11.8 Å². The molecule has 3 rings (SSSR count). The van der Waals surface area contributed by atoms with Crippen molar-refractivity contribution in [2.45, 2.75) is 12.8 Å². The van der Waals surface area contributed by atoms with E-state index in [9.17, 15) is 4.79 Å². The average Bonchev–Trinajstić information content (AvgIpc) is 3.01. The largest absolute Gasteiger partial charge is 0.426 e. The topological polar surface area (TPSA) is 44.1 Å². The maximum atomic E-state index is 11.6. The molecule has 0 atom stereocenters. The lowest BCUT2D eigenvalue weighted by Crippen LogP contribution is -2.09. The van der Waals surface area contributed by atoms with E-state index in [-0.39, 0.29) is 11.9 Å². The zero-order chi connectivity index (χ0) is 11.1.